The van der Waals surface area contributed by atoms with E-state index in [9.17, 15) is 9.18 Å². The predicted octanol–water partition coefficient (Wildman–Crippen LogP) is 3.61. The molecule has 0 radical (unpaired) electrons. The number of nitrogens with one attached hydrogen (secondary N) is 1. The summed E-state index contributed by atoms with van der Waals surface area (Å²) in [6.07, 6.45) is 0. The van der Waals surface area contributed by atoms with Crippen LogP contribution < -0.4 is 10.1 Å². The van der Waals surface area contributed by atoms with E-state index in [1.54, 1.807) is 6.07 Å². The molecule has 2 aromatic carbocycles. The fraction of sp³-hybridized carbons (Fsp3) is 0.350. The Morgan fingerprint density at radius 3 is 2.28 bits per heavy atom. The Morgan fingerprint density at radius 1 is 1.08 bits per heavy atom. The van der Waals surface area contributed by atoms with Crippen molar-refractivity contribution in [3.8, 4) is 5.75 Å². The average molecular weight is 344 g/mol. The molecule has 0 unspecified atom stereocenters. The number of amides is 1. The van der Waals surface area contributed by atoms with Gasteiger partial charge < -0.3 is 10.1 Å². The molecule has 1 N–H and O–H groups in total. The van der Waals surface area contributed by atoms with E-state index >= 15 is 0 Å². The Morgan fingerprint density at radius 2 is 1.72 bits per heavy atom. The number of benzene rings is 2. The molecular formula is C20H25FN2O2. The van der Waals surface area contributed by atoms with Gasteiger partial charge in [-0.15, -0.1) is 0 Å². The minimum Gasteiger partial charge on any atom is -0.497 e. The van der Waals surface area contributed by atoms with Crippen molar-refractivity contribution in [1.29, 1.82) is 0 Å². The lowest BCUT2D eigenvalue weighted by Gasteiger charge is -2.18. The van der Waals surface area contributed by atoms with Crippen molar-refractivity contribution in [1.82, 2.24) is 10.2 Å². The zero-order valence-electron chi connectivity index (χ0n) is 15.0. The third-order valence-corrected chi connectivity index (χ3v) is 4.20. The van der Waals surface area contributed by atoms with E-state index in [2.05, 4.69) is 36.2 Å². The van der Waals surface area contributed by atoms with Gasteiger partial charge >= 0.3 is 0 Å². The molecule has 0 saturated carbocycles. The maximum Gasteiger partial charge on any atom is 0.254 e. The van der Waals surface area contributed by atoms with Crippen LogP contribution >= 0.6 is 0 Å². The average Bonchev–Trinajstić information content (AvgIpc) is 2.64. The minimum absolute atomic E-state index is 0.0129. The number of hydrogen-bond acceptors (Lipinski definition) is 3. The van der Waals surface area contributed by atoms with E-state index in [4.69, 9.17) is 4.74 Å². The van der Waals surface area contributed by atoms with Gasteiger partial charge in [0.15, 0.2) is 0 Å². The van der Waals surface area contributed by atoms with Crippen LogP contribution in [0.2, 0.25) is 0 Å². The fourth-order valence-electron chi connectivity index (χ4n) is 2.55. The lowest BCUT2D eigenvalue weighted by Crippen LogP contribution is -2.24. The highest BCUT2D eigenvalue weighted by atomic mass is 19.1. The molecule has 0 bridgehead atoms. The van der Waals surface area contributed by atoms with Crippen LogP contribution in [0.5, 0.6) is 5.75 Å². The molecule has 1 amide bonds. The highest BCUT2D eigenvalue weighted by molar-refractivity contribution is 5.94. The molecule has 2 aromatic rings. The second-order valence-corrected chi connectivity index (χ2v) is 5.81. The number of rotatable bonds is 8. The van der Waals surface area contributed by atoms with Crippen LogP contribution in [-0.2, 0) is 13.1 Å². The van der Waals surface area contributed by atoms with Crippen molar-refractivity contribution in [2.45, 2.75) is 26.9 Å². The first kappa shape index (κ1) is 18.9. The molecule has 0 fully saturated rings. The molecule has 0 aliphatic carbocycles. The zero-order chi connectivity index (χ0) is 18.2. The Hall–Kier alpha value is -2.40. The monoisotopic (exact) mass is 344 g/mol. The quantitative estimate of drug-likeness (QED) is 0.795. The van der Waals surface area contributed by atoms with E-state index in [0.717, 1.165) is 25.2 Å². The van der Waals surface area contributed by atoms with Crippen LogP contribution in [0.25, 0.3) is 0 Å². The summed E-state index contributed by atoms with van der Waals surface area (Å²) >= 11 is 0. The van der Waals surface area contributed by atoms with E-state index < -0.39 is 11.7 Å². The molecule has 0 aliphatic rings. The normalized spacial score (nSPS) is 10.8. The molecule has 0 aliphatic heterocycles. The lowest BCUT2D eigenvalue weighted by atomic mass is 10.1. The molecule has 4 nitrogen and oxygen atoms in total. The largest absolute Gasteiger partial charge is 0.497 e. The summed E-state index contributed by atoms with van der Waals surface area (Å²) < 4.78 is 18.8. The SMILES string of the molecule is CCN(CC)Cc1ccc(CNC(=O)c2ccc(OC)cc2F)cc1. The number of carbonyl (C=O) groups is 1. The molecule has 2 rings (SSSR count). The maximum atomic E-state index is 13.9. The number of nitrogens with zero attached hydrogens (tertiary/aromatic N) is 1. The summed E-state index contributed by atoms with van der Waals surface area (Å²) in [6, 6.07) is 12.3. The van der Waals surface area contributed by atoms with Crippen molar-refractivity contribution in [2.24, 2.45) is 0 Å². The van der Waals surface area contributed by atoms with Gasteiger partial charge in [0, 0.05) is 19.2 Å². The van der Waals surface area contributed by atoms with Gasteiger partial charge in [-0.25, -0.2) is 4.39 Å². The first-order chi connectivity index (χ1) is 12.1. The molecule has 25 heavy (non-hydrogen) atoms. The van der Waals surface area contributed by atoms with Crippen LogP contribution in [-0.4, -0.2) is 31.0 Å². The van der Waals surface area contributed by atoms with Crippen LogP contribution in [0.1, 0.15) is 35.3 Å². The van der Waals surface area contributed by atoms with Crippen molar-refractivity contribution >= 4 is 5.91 Å². The lowest BCUT2D eigenvalue weighted by molar-refractivity contribution is 0.0947. The highest BCUT2D eigenvalue weighted by Gasteiger charge is 2.12. The van der Waals surface area contributed by atoms with Crippen molar-refractivity contribution < 1.29 is 13.9 Å². The zero-order valence-corrected chi connectivity index (χ0v) is 15.0. The molecule has 5 heteroatoms. The second kappa shape index (κ2) is 9.18. The first-order valence-corrected chi connectivity index (χ1v) is 8.49. The van der Waals surface area contributed by atoms with Crippen molar-refractivity contribution in [3.05, 3.63) is 65.0 Å². The summed E-state index contributed by atoms with van der Waals surface area (Å²) in [4.78, 5) is 14.5. The number of methoxy groups -OCH3 is 1. The van der Waals surface area contributed by atoms with Crippen LogP contribution in [0.15, 0.2) is 42.5 Å². The summed E-state index contributed by atoms with van der Waals surface area (Å²) in [6.45, 7) is 7.59. The van der Waals surface area contributed by atoms with Gasteiger partial charge in [0.2, 0.25) is 0 Å². The van der Waals surface area contributed by atoms with Gasteiger partial charge in [0.25, 0.3) is 5.91 Å². The van der Waals surface area contributed by atoms with Gasteiger partial charge in [-0.05, 0) is 36.3 Å². The summed E-state index contributed by atoms with van der Waals surface area (Å²) in [5.74, 6) is -0.642. The molecule has 134 valence electrons. The number of halogens is 1. The predicted molar refractivity (Wildman–Crippen MR) is 97.2 cm³/mol. The molecular weight excluding hydrogens is 319 g/mol. The Balaban J connectivity index is 1.93. The van der Waals surface area contributed by atoms with Gasteiger partial charge in [-0.3, -0.25) is 9.69 Å². The molecule has 0 heterocycles. The minimum atomic E-state index is -0.591. The van der Waals surface area contributed by atoms with Crippen molar-refractivity contribution in [2.75, 3.05) is 20.2 Å². The standard InChI is InChI=1S/C20H25FN2O2/c1-4-23(5-2)14-16-8-6-15(7-9-16)13-22-20(24)18-11-10-17(25-3)12-19(18)21/h6-12H,4-5,13-14H2,1-3H3,(H,22,24). The van der Waals surface area contributed by atoms with E-state index in [1.165, 1.54) is 24.8 Å². The fourth-order valence-corrected chi connectivity index (χ4v) is 2.55. The van der Waals surface area contributed by atoms with Crippen LogP contribution in [0, 0.1) is 5.82 Å². The number of ether oxygens (including phenoxy) is 1. The molecule has 0 aromatic heterocycles. The summed E-state index contributed by atoms with van der Waals surface area (Å²) in [5.41, 5.74) is 2.23. The van der Waals surface area contributed by atoms with Crippen LogP contribution in [0.3, 0.4) is 0 Å². The Labute approximate surface area is 148 Å². The van der Waals surface area contributed by atoms with Crippen molar-refractivity contribution in [3.63, 3.8) is 0 Å². The Bertz CT molecular complexity index is 697. The number of hydrogen-bond donors (Lipinski definition) is 1. The number of carbonyl (C=O) groups excluding carboxylic acids is 1. The van der Waals surface area contributed by atoms with Gasteiger partial charge in [0.05, 0.1) is 12.7 Å². The Kier molecular flexibility index (Phi) is 6.95. The van der Waals surface area contributed by atoms with Gasteiger partial charge in [0.1, 0.15) is 11.6 Å². The second-order valence-electron chi connectivity index (χ2n) is 5.81. The van der Waals surface area contributed by atoms with Gasteiger partial charge in [-0.1, -0.05) is 38.1 Å². The van der Waals surface area contributed by atoms with E-state index in [-0.39, 0.29) is 5.56 Å². The molecule has 0 saturated heterocycles. The van der Waals surface area contributed by atoms with E-state index in [1.807, 2.05) is 12.1 Å². The highest BCUT2D eigenvalue weighted by Crippen LogP contribution is 2.16. The van der Waals surface area contributed by atoms with Crippen LogP contribution in [0.4, 0.5) is 4.39 Å². The summed E-state index contributed by atoms with van der Waals surface area (Å²) in [5, 5.41) is 2.75. The molecule has 0 spiro atoms. The third kappa shape index (κ3) is 5.29. The maximum absolute atomic E-state index is 13.9. The van der Waals surface area contributed by atoms with Gasteiger partial charge in [-0.2, -0.15) is 0 Å². The smallest absolute Gasteiger partial charge is 0.254 e. The molecule has 0 atom stereocenters. The first-order valence-electron chi connectivity index (χ1n) is 8.49. The third-order valence-electron chi connectivity index (χ3n) is 4.20. The summed E-state index contributed by atoms with van der Waals surface area (Å²) in [7, 11) is 1.46. The van der Waals surface area contributed by atoms with E-state index in [0.29, 0.717) is 12.3 Å². The topological polar surface area (TPSA) is 41.6 Å².